The van der Waals surface area contributed by atoms with Gasteiger partial charge in [-0.05, 0) is 32.1 Å². The highest BCUT2D eigenvalue weighted by Crippen LogP contribution is 2.15. The highest BCUT2D eigenvalue weighted by atomic mass is 19.1. The van der Waals surface area contributed by atoms with Gasteiger partial charge in [-0.15, -0.1) is 0 Å². The van der Waals surface area contributed by atoms with Crippen molar-refractivity contribution in [2.75, 3.05) is 33.7 Å². The Morgan fingerprint density at radius 2 is 2.11 bits per heavy atom. The second kappa shape index (κ2) is 6.43. The zero-order chi connectivity index (χ0) is 13.8. The number of nitrogens with one attached hydrogen (secondary N) is 1. The molecule has 1 aromatic carbocycles. The first-order valence-corrected chi connectivity index (χ1v) is 6.70. The van der Waals surface area contributed by atoms with Crippen LogP contribution in [0.4, 0.5) is 4.39 Å². The molecule has 0 spiro atoms. The molecule has 19 heavy (non-hydrogen) atoms. The van der Waals surface area contributed by atoms with E-state index >= 15 is 0 Å². The number of halogens is 1. The fraction of sp³-hybridized carbons (Fsp3) is 0.571. The van der Waals surface area contributed by atoms with Gasteiger partial charge in [0.05, 0.1) is 0 Å². The predicted molar refractivity (Wildman–Crippen MR) is 75.1 cm³/mol. The van der Waals surface area contributed by atoms with Crippen molar-refractivity contribution in [3.63, 3.8) is 0 Å². The Bertz CT molecular complexity index is 412. The molecular weight excluding hydrogens is 243 g/mol. The third-order valence-electron chi connectivity index (χ3n) is 3.98. The number of nitrogens with zero attached hydrogens (tertiary/aromatic N) is 2. The van der Waals surface area contributed by atoms with E-state index in [4.69, 9.17) is 5.84 Å². The minimum absolute atomic E-state index is 0.0460. The molecule has 1 heterocycles. The first-order chi connectivity index (χ1) is 9.11. The van der Waals surface area contributed by atoms with Gasteiger partial charge in [0.2, 0.25) is 0 Å². The number of likely N-dealkylation sites (N-methyl/N-ethyl adjacent to an activating group) is 2. The monoisotopic (exact) mass is 266 g/mol. The second-order valence-corrected chi connectivity index (χ2v) is 5.38. The summed E-state index contributed by atoms with van der Waals surface area (Å²) < 4.78 is 13.7. The highest BCUT2D eigenvalue weighted by Gasteiger charge is 2.29. The zero-order valence-corrected chi connectivity index (χ0v) is 11.6. The molecule has 1 fully saturated rings. The third-order valence-corrected chi connectivity index (χ3v) is 3.98. The van der Waals surface area contributed by atoms with Crippen LogP contribution in [0.25, 0.3) is 0 Å². The van der Waals surface area contributed by atoms with Gasteiger partial charge in [0.1, 0.15) is 5.82 Å². The van der Waals surface area contributed by atoms with Crippen molar-refractivity contribution in [1.82, 2.24) is 15.2 Å². The van der Waals surface area contributed by atoms with E-state index in [0.717, 1.165) is 19.6 Å². The van der Waals surface area contributed by atoms with Crippen LogP contribution in [0.3, 0.4) is 0 Å². The van der Waals surface area contributed by atoms with E-state index in [2.05, 4.69) is 29.3 Å². The lowest BCUT2D eigenvalue weighted by Crippen LogP contribution is -2.60. The molecule has 3 N–H and O–H groups in total. The number of rotatable bonds is 4. The Morgan fingerprint density at radius 1 is 1.37 bits per heavy atom. The minimum atomic E-state index is -0.158. The molecule has 0 radical (unpaired) electrons. The van der Waals surface area contributed by atoms with E-state index in [1.54, 1.807) is 6.07 Å². The quantitative estimate of drug-likeness (QED) is 0.613. The van der Waals surface area contributed by atoms with Crippen LogP contribution in [-0.2, 0) is 6.42 Å². The summed E-state index contributed by atoms with van der Waals surface area (Å²) in [6.07, 6.45) is 0.603. The maximum absolute atomic E-state index is 13.7. The lowest BCUT2D eigenvalue weighted by Gasteiger charge is -2.41. The Kier molecular flexibility index (Phi) is 4.87. The van der Waals surface area contributed by atoms with Crippen molar-refractivity contribution < 1.29 is 4.39 Å². The number of benzene rings is 1. The second-order valence-electron chi connectivity index (χ2n) is 5.38. The lowest BCUT2D eigenvalue weighted by molar-refractivity contribution is 0.0874. The number of piperazine rings is 1. The summed E-state index contributed by atoms with van der Waals surface area (Å²) >= 11 is 0. The zero-order valence-electron chi connectivity index (χ0n) is 11.6. The van der Waals surface area contributed by atoms with Gasteiger partial charge in [0.15, 0.2) is 0 Å². The van der Waals surface area contributed by atoms with Crippen LogP contribution < -0.4 is 11.3 Å². The summed E-state index contributed by atoms with van der Waals surface area (Å²) in [5.74, 6) is 5.53. The van der Waals surface area contributed by atoms with Gasteiger partial charge in [-0.2, -0.15) is 0 Å². The van der Waals surface area contributed by atoms with Gasteiger partial charge >= 0.3 is 0 Å². The third kappa shape index (κ3) is 3.51. The Hall–Kier alpha value is -1.01. The smallest absolute Gasteiger partial charge is 0.126 e. The van der Waals surface area contributed by atoms with Gasteiger partial charge in [-0.25, -0.2) is 4.39 Å². The summed E-state index contributed by atoms with van der Waals surface area (Å²) in [5.41, 5.74) is 3.58. The minimum Gasteiger partial charge on any atom is -0.303 e. The Morgan fingerprint density at radius 3 is 2.79 bits per heavy atom. The Labute approximate surface area is 114 Å². The number of hydrazine groups is 1. The van der Waals surface area contributed by atoms with Crippen molar-refractivity contribution in [3.8, 4) is 0 Å². The molecule has 5 heteroatoms. The van der Waals surface area contributed by atoms with Crippen LogP contribution in [0.15, 0.2) is 24.3 Å². The normalized spacial score (nSPS) is 23.5. The van der Waals surface area contributed by atoms with E-state index in [0.29, 0.717) is 18.0 Å². The van der Waals surface area contributed by atoms with Crippen LogP contribution in [-0.4, -0.2) is 55.6 Å². The van der Waals surface area contributed by atoms with E-state index < -0.39 is 0 Å². The van der Waals surface area contributed by atoms with Gasteiger partial charge < -0.3 is 4.90 Å². The van der Waals surface area contributed by atoms with Crippen molar-refractivity contribution in [3.05, 3.63) is 35.6 Å². The molecule has 2 rings (SSSR count). The van der Waals surface area contributed by atoms with E-state index in [9.17, 15) is 4.39 Å². The summed E-state index contributed by atoms with van der Waals surface area (Å²) in [6.45, 7) is 3.01. The maximum atomic E-state index is 13.7. The van der Waals surface area contributed by atoms with Crippen molar-refractivity contribution in [2.45, 2.75) is 18.5 Å². The predicted octanol–water partition coefficient (Wildman–Crippen LogP) is 0.446. The first kappa shape index (κ1) is 14.4. The number of hydrogen-bond acceptors (Lipinski definition) is 4. The van der Waals surface area contributed by atoms with Crippen LogP contribution in [0.1, 0.15) is 5.56 Å². The molecule has 2 atom stereocenters. The molecular formula is C14H23FN4. The largest absolute Gasteiger partial charge is 0.303 e. The standard InChI is InChI=1S/C14H23FN4/c1-18-7-8-19(2)14(10-18)13(17-16)9-11-5-3-4-6-12(11)15/h3-6,13-14,17H,7-10,16H2,1-2H3. The van der Waals surface area contributed by atoms with Crippen LogP contribution in [0.2, 0.25) is 0 Å². The maximum Gasteiger partial charge on any atom is 0.126 e. The average molecular weight is 266 g/mol. The number of nitrogens with two attached hydrogens (primary N) is 1. The molecule has 106 valence electrons. The molecule has 1 aliphatic heterocycles. The molecule has 0 bridgehead atoms. The first-order valence-electron chi connectivity index (χ1n) is 6.70. The molecule has 1 saturated heterocycles. The van der Waals surface area contributed by atoms with Crippen LogP contribution in [0.5, 0.6) is 0 Å². The van der Waals surface area contributed by atoms with Gasteiger partial charge in [0.25, 0.3) is 0 Å². The van der Waals surface area contributed by atoms with Crippen LogP contribution >= 0.6 is 0 Å². The topological polar surface area (TPSA) is 44.5 Å². The van der Waals surface area contributed by atoms with Crippen molar-refractivity contribution in [2.24, 2.45) is 5.84 Å². The molecule has 0 amide bonds. The molecule has 4 nitrogen and oxygen atoms in total. The fourth-order valence-electron chi connectivity index (χ4n) is 2.69. The summed E-state index contributed by atoms with van der Waals surface area (Å²) in [6, 6.07) is 7.24. The SMILES string of the molecule is CN1CCN(C)C(C(Cc2ccccc2F)NN)C1. The van der Waals surface area contributed by atoms with Crippen molar-refractivity contribution in [1.29, 1.82) is 0 Å². The highest BCUT2D eigenvalue weighted by molar-refractivity contribution is 5.19. The molecule has 1 aromatic rings. The fourth-order valence-corrected chi connectivity index (χ4v) is 2.69. The summed E-state index contributed by atoms with van der Waals surface area (Å²) in [5, 5.41) is 0. The Balaban J connectivity index is 2.09. The molecule has 0 saturated carbocycles. The molecule has 0 aliphatic carbocycles. The molecule has 0 aromatic heterocycles. The number of hydrogen-bond donors (Lipinski definition) is 2. The van der Waals surface area contributed by atoms with Gasteiger partial charge in [-0.3, -0.25) is 16.2 Å². The molecule has 2 unspecified atom stereocenters. The summed E-state index contributed by atoms with van der Waals surface area (Å²) in [4.78, 5) is 4.59. The van der Waals surface area contributed by atoms with Crippen LogP contribution in [0, 0.1) is 5.82 Å². The lowest BCUT2D eigenvalue weighted by atomic mass is 9.97. The van der Waals surface area contributed by atoms with Gasteiger partial charge in [0, 0.05) is 31.7 Å². The van der Waals surface area contributed by atoms with E-state index in [-0.39, 0.29) is 11.9 Å². The van der Waals surface area contributed by atoms with Crippen molar-refractivity contribution >= 4 is 0 Å². The summed E-state index contributed by atoms with van der Waals surface area (Å²) in [7, 11) is 4.21. The molecule has 1 aliphatic rings. The average Bonchev–Trinajstić information content (AvgIpc) is 2.41. The van der Waals surface area contributed by atoms with E-state index in [1.807, 2.05) is 12.1 Å². The van der Waals surface area contributed by atoms with Gasteiger partial charge in [-0.1, -0.05) is 18.2 Å². The van der Waals surface area contributed by atoms with E-state index in [1.165, 1.54) is 6.07 Å².